The fourth-order valence-corrected chi connectivity index (χ4v) is 5.13. The second-order valence-corrected chi connectivity index (χ2v) is 8.90. The van der Waals surface area contributed by atoms with Crippen LogP contribution in [0.15, 0.2) is 53.7 Å². The highest BCUT2D eigenvalue weighted by atomic mass is 35.5. The Hall–Kier alpha value is -2.51. The molecule has 5 nitrogen and oxygen atoms in total. The van der Waals surface area contributed by atoms with Crippen molar-refractivity contribution in [3.63, 3.8) is 0 Å². The Morgan fingerprint density at radius 2 is 2.00 bits per heavy atom. The normalized spacial score (nSPS) is 18.1. The quantitative estimate of drug-likeness (QED) is 0.702. The Morgan fingerprint density at radius 3 is 2.81 bits per heavy atom. The maximum atomic E-state index is 13.4. The number of nitrogens with one attached hydrogen (secondary N) is 1. The molecule has 0 aliphatic carbocycles. The maximum absolute atomic E-state index is 13.4. The summed E-state index contributed by atoms with van der Waals surface area (Å²) < 4.78 is 38.0. The van der Waals surface area contributed by atoms with E-state index in [1.165, 1.54) is 42.7 Å². The van der Waals surface area contributed by atoms with Gasteiger partial charge in [0.15, 0.2) is 9.84 Å². The Labute approximate surface area is 160 Å². The average molecular weight is 405 g/mol. The van der Waals surface area contributed by atoms with E-state index < -0.39 is 21.6 Å². The zero-order chi connectivity index (χ0) is 19.2. The number of fused-ring (bicyclic) bond motifs is 2. The van der Waals surface area contributed by atoms with Gasteiger partial charge in [-0.25, -0.2) is 12.8 Å². The van der Waals surface area contributed by atoms with Crippen LogP contribution in [0, 0.1) is 5.82 Å². The van der Waals surface area contributed by atoms with E-state index in [1.807, 2.05) is 0 Å². The summed E-state index contributed by atoms with van der Waals surface area (Å²) in [5.74, 6) is -1.52. The van der Waals surface area contributed by atoms with Gasteiger partial charge < -0.3 is 5.32 Å². The van der Waals surface area contributed by atoms with E-state index in [9.17, 15) is 17.6 Å². The maximum Gasteiger partial charge on any atom is 0.232 e. The van der Waals surface area contributed by atoms with Gasteiger partial charge in [0.05, 0.1) is 28.5 Å². The summed E-state index contributed by atoms with van der Waals surface area (Å²) in [4.78, 5) is 17.1. The number of pyridine rings is 1. The molecule has 1 amide bonds. The van der Waals surface area contributed by atoms with Crippen molar-refractivity contribution in [3.05, 3.63) is 65.2 Å². The van der Waals surface area contributed by atoms with E-state index in [1.54, 1.807) is 6.07 Å². The summed E-state index contributed by atoms with van der Waals surface area (Å²) in [5, 5.41) is 4.37. The molecule has 2 heterocycles. The number of hydrogen-bond donors (Lipinski definition) is 1. The monoisotopic (exact) mass is 404 g/mol. The summed E-state index contributed by atoms with van der Waals surface area (Å²) in [6.45, 7) is 0. The van der Waals surface area contributed by atoms with Crippen LogP contribution in [0.3, 0.4) is 0 Å². The van der Waals surface area contributed by atoms with Crippen LogP contribution in [-0.2, 0) is 14.6 Å². The minimum Gasteiger partial charge on any atom is -0.324 e. The molecular weight excluding hydrogens is 391 g/mol. The third-order valence-electron chi connectivity index (χ3n) is 4.65. The lowest BCUT2D eigenvalue weighted by atomic mass is 9.94. The highest BCUT2D eigenvalue weighted by molar-refractivity contribution is 7.91. The highest BCUT2D eigenvalue weighted by Crippen LogP contribution is 2.36. The summed E-state index contributed by atoms with van der Waals surface area (Å²) in [6, 6.07) is 8.67. The van der Waals surface area contributed by atoms with E-state index in [-0.39, 0.29) is 23.0 Å². The predicted octanol–water partition coefficient (Wildman–Crippen LogP) is 3.93. The van der Waals surface area contributed by atoms with Crippen molar-refractivity contribution in [2.75, 3.05) is 11.1 Å². The Balaban J connectivity index is 1.72. The molecule has 138 valence electrons. The molecule has 0 bridgehead atoms. The molecular formula is C19H14ClFN2O3S. The number of benzene rings is 2. The number of halogens is 2. The van der Waals surface area contributed by atoms with E-state index in [2.05, 4.69) is 10.3 Å². The second-order valence-electron chi connectivity index (χ2n) is 6.38. The molecule has 1 aromatic heterocycles. The van der Waals surface area contributed by atoms with Gasteiger partial charge in [-0.15, -0.1) is 0 Å². The van der Waals surface area contributed by atoms with Gasteiger partial charge >= 0.3 is 0 Å². The third-order valence-corrected chi connectivity index (χ3v) is 6.70. The lowest BCUT2D eigenvalue weighted by Crippen LogP contribution is -2.29. The summed E-state index contributed by atoms with van der Waals surface area (Å²) in [7, 11) is -3.43. The molecule has 0 fully saturated rings. The van der Waals surface area contributed by atoms with Crippen LogP contribution in [0.4, 0.5) is 10.1 Å². The van der Waals surface area contributed by atoms with Crippen molar-refractivity contribution >= 4 is 43.8 Å². The van der Waals surface area contributed by atoms with Crippen molar-refractivity contribution < 1.29 is 17.6 Å². The lowest BCUT2D eigenvalue weighted by Gasteiger charge is -2.25. The smallest absolute Gasteiger partial charge is 0.232 e. The Bertz CT molecular complexity index is 1180. The van der Waals surface area contributed by atoms with Crippen LogP contribution >= 0.6 is 11.6 Å². The molecule has 0 saturated carbocycles. The second kappa shape index (κ2) is 6.58. The largest absolute Gasteiger partial charge is 0.324 e. The van der Waals surface area contributed by atoms with Gasteiger partial charge in [-0.05, 0) is 48.4 Å². The average Bonchev–Trinajstić information content (AvgIpc) is 2.61. The van der Waals surface area contributed by atoms with Crippen LogP contribution in [0.1, 0.15) is 17.9 Å². The molecule has 2 aromatic carbocycles. The van der Waals surface area contributed by atoms with Crippen LogP contribution in [-0.4, -0.2) is 25.1 Å². The van der Waals surface area contributed by atoms with Crippen LogP contribution in [0.2, 0.25) is 5.02 Å². The van der Waals surface area contributed by atoms with Crippen molar-refractivity contribution in [3.8, 4) is 0 Å². The lowest BCUT2D eigenvalue weighted by molar-refractivity contribution is -0.117. The molecule has 8 heteroatoms. The molecule has 1 atom stereocenters. The first-order chi connectivity index (χ1) is 12.8. The molecule has 4 rings (SSSR count). The number of sulfone groups is 1. The number of rotatable bonds is 2. The molecule has 0 saturated heterocycles. The number of aromatic nitrogens is 1. The topological polar surface area (TPSA) is 76.1 Å². The van der Waals surface area contributed by atoms with E-state index >= 15 is 0 Å². The van der Waals surface area contributed by atoms with Gasteiger partial charge in [0.25, 0.3) is 0 Å². The first kappa shape index (κ1) is 17.9. The van der Waals surface area contributed by atoms with Gasteiger partial charge in [0.1, 0.15) is 5.82 Å². The highest BCUT2D eigenvalue weighted by Gasteiger charge is 2.34. The standard InChI is InChI=1S/C19H14ClFN2O3S/c20-12-1-4-18-16(8-12)15(5-6-27(18,25)26)19(24)23-17-10-22-9-11-7-13(21)2-3-14(11)17/h1-4,7-10,15H,5-6H2,(H,23,24)/t15-/m1/s1. The molecule has 27 heavy (non-hydrogen) atoms. The number of carbonyl (C=O) groups is 1. The van der Waals surface area contributed by atoms with Crippen LogP contribution < -0.4 is 5.32 Å². The molecule has 3 aromatic rings. The van der Waals surface area contributed by atoms with Gasteiger partial charge in [-0.2, -0.15) is 0 Å². The van der Waals surface area contributed by atoms with Crippen molar-refractivity contribution in [1.29, 1.82) is 0 Å². The molecule has 0 spiro atoms. The third kappa shape index (κ3) is 3.28. The minimum absolute atomic E-state index is 0.112. The molecule has 1 N–H and O–H groups in total. The number of nitrogens with zero attached hydrogens (tertiary/aromatic N) is 1. The zero-order valence-corrected chi connectivity index (χ0v) is 15.5. The van der Waals surface area contributed by atoms with E-state index in [0.717, 1.165) is 0 Å². The molecule has 0 radical (unpaired) electrons. The number of hydrogen-bond acceptors (Lipinski definition) is 4. The van der Waals surface area contributed by atoms with Crippen LogP contribution in [0.5, 0.6) is 0 Å². The predicted molar refractivity (Wildman–Crippen MR) is 101 cm³/mol. The first-order valence-electron chi connectivity index (χ1n) is 8.21. The van der Waals surface area contributed by atoms with E-state index in [4.69, 9.17) is 11.6 Å². The van der Waals surface area contributed by atoms with Gasteiger partial charge in [0.2, 0.25) is 5.91 Å². The first-order valence-corrected chi connectivity index (χ1v) is 10.2. The van der Waals surface area contributed by atoms with Crippen LogP contribution in [0.25, 0.3) is 10.8 Å². The zero-order valence-electron chi connectivity index (χ0n) is 13.9. The summed E-state index contributed by atoms with van der Waals surface area (Å²) >= 11 is 6.02. The fourth-order valence-electron chi connectivity index (χ4n) is 3.35. The van der Waals surface area contributed by atoms with Gasteiger partial charge in [0, 0.05) is 22.0 Å². The van der Waals surface area contributed by atoms with Gasteiger partial charge in [-0.3, -0.25) is 9.78 Å². The Morgan fingerprint density at radius 1 is 1.19 bits per heavy atom. The van der Waals surface area contributed by atoms with E-state index in [0.29, 0.717) is 27.0 Å². The number of amides is 1. The van der Waals surface area contributed by atoms with Gasteiger partial charge in [-0.1, -0.05) is 11.6 Å². The minimum atomic E-state index is -3.43. The SMILES string of the molecule is O=C(Nc1cncc2cc(F)ccc12)[C@@H]1CCS(=O)(=O)c2ccc(Cl)cc21. The van der Waals surface area contributed by atoms with Crippen molar-refractivity contribution in [2.45, 2.75) is 17.2 Å². The summed E-state index contributed by atoms with van der Waals surface area (Å²) in [5.41, 5.74) is 0.833. The number of carbonyl (C=O) groups excluding carboxylic acids is 1. The molecule has 1 aliphatic rings. The van der Waals surface area contributed by atoms with Crippen molar-refractivity contribution in [2.24, 2.45) is 0 Å². The fraction of sp³-hybridized carbons (Fsp3) is 0.158. The molecule has 0 unspecified atom stereocenters. The van der Waals surface area contributed by atoms with Crippen molar-refractivity contribution in [1.82, 2.24) is 4.98 Å². The molecule has 1 aliphatic heterocycles. The number of anilines is 1. The Kier molecular flexibility index (Phi) is 4.36. The summed E-state index contributed by atoms with van der Waals surface area (Å²) in [6.07, 6.45) is 3.15.